The van der Waals surface area contributed by atoms with Crippen molar-refractivity contribution in [3.05, 3.63) is 0 Å². The van der Waals surface area contributed by atoms with Crippen molar-refractivity contribution in [1.82, 2.24) is 0 Å². The van der Waals surface area contributed by atoms with E-state index < -0.39 is 29.8 Å². The zero-order valence-corrected chi connectivity index (χ0v) is 7.51. The maximum Gasteiger partial charge on any atom is 0.318 e. The number of carbonyl (C=O) groups is 1. The molecule has 0 saturated heterocycles. The molecule has 0 aliphatic heterocycles. The Morgan fingerprint density at radius 1 is 1.69 bits per heavy atom. The van der Waals surface area contributed by atoms with Crippen molar-refractivity contribution in [3.63, 3.8) is 0 Å². The van der Waals surface area contributed by atoms with Gasteiger partial charge in [-0.05, 0) is 6.42 Å². The second-order valence-electron chi connectivity index (χ2n) is 3.29. The molecule has 1 rings (SSSR count). The van der Waals surface area contributed by atoms with Gasteiger partial charge in [0.15, 0.2) is 5.41 Å². The fraction of sp³-hybridized carbons (Fsp3) is 0.875. The topological polar surface area (TPSA) is 46.5 Å². The maximum absolute atomic E-state index is 12.9. The minimum absolute atomic E-state index is 0.276. The van der Waals surface area contributed by atoms with Gasteiger partial charge in [0.2, 0.25) is 0 Å². The second-order valence-corrected chi connectivity index (χ2v) is 3.29. The quantitative estimate of drug-likeness (QED) is 0.738. The van der Waals surface area contributed by atoms with Crippen molar-refractivity contribution in [2.45, 2.75) is 31.8 Å². The predicted octanol–water partition coefficient (Wildman–Crippen LogP) is 1.52. The molecule has 0 aromatic carbocycles. The number of alkyl halides is 2. The summed E-state index contributed by atoms with van der Waals surface area (Å²) in [5.41, 5.74) is -1.98. The molecule has 5 heteroatoms. The first-order valence-electron chi connectivity index (χ1n) is 4.06. The molecule has 1 saturated carbocycles. The first kappa shape index (κ1) is 10.4. The molecular weight excluding hydrogens is 182 g/mol. The van der Waals surface area contributed by atoms with Gasteiger partial charge >= 0.3 is 5.97 Å². The Kier molecular flexibility index (Phi) is 2.32. The molecule has 0 spiro atoms. The normalized spacial score (nSPS) is 32.6. The average molecular weight is 194 g/mol. The van der Waals surface area contributed by atoms with Crippen molar-refractivity contribution < 1.29 is 23.4 Å². The van der Waals surface area contributed by atoms with Crippen molar-refractivity contribution in [3.8, 4) is 0 Å². The van der Waals surface area contributed by atoms with Gasteiger partial charge in [0.1, 0.15) is 0 Å². The number of hydrogen-bond acceptors (Lipinski definition) is 2. The highest BCUT2D eigenvalue weighted by Gasteiger charge is 2.79. The minimum atomic E-state index is -3.12. The van der Waals surface area contributed by atoms with Crippen molar-refractivity contribution in [2.24, 2.45) is 5.41 Å². The van der Waals surface area contributed by atoms with Crippen molar-refractivity contribution >= 4 is 5.97 Å². The summed E-state index contributed by atoms with van der Waals surface area (Å²) in [4.78, 5) is 10.7. The Morgan fingerprint density at radius 3 is 2.23 bits per heavy atom. The zero-order chi connectivity index (χ0) is 10.3. The van der Waals surface area contributed by atoms with E-state index in [4.69, 9.17) is 9.84 Å². The Morgan fingerprint density at radius 2 is 2.15 bits per heavy atom. The number of halogens is 2. The van der Waals surface area contributed by atoms with Crippen LogP contribution in [0, 0.1) is 5.41 Å². The van der Waals surface area contributed by atoms with E-state index in [0.717, 1.165) is 0 Å². The number of ether oxygens (including phenoxy) is 1. The molecule has 1 fully saturated rings. The summed E-state index contributed by atoms with van der Waals surface area (Å²) in [6, 6.07) is 0. The third-order valence-electron chi connectivity index (χ3n) is 2.62. The van der Waals surface area contributed by atoms with E-state index in [9.17, 15) is 13.6 Å². The van der Waals surface area contributed by atoms with Gasteiger partial charge in [0, 0.05) is 13.5 Å². The van der Waals surface area contributed by atoms with Gasteiger partial charge in [-0.15, -0.1) is 0 Å². The van der Waals surface area contributed by atoms with Crippen molar-refractivity contribution in [1.29, 1.82) is 0 Å². The summed E-state index contributed by atoms with van der Waals surface area (Å²) >= 11 is 0. The van der Waals surface area contributed by atoms with Crippen LogP contribution in [0.15, 0.2) is 0 Å². The number of carboxylic acid groups (broad SMARTS) is 1. The maximum atomic E-state index is 12.9. The van der Waals surface area contributed by atoms with Gasteiger partial charge in [0.25, 0.3) is 5.92 Å². The van der Waals surface area contributed by atoms with Crippen LogP contribution in [0.5, 0.6) is 0 Å². The lowest BCUT2D eigenvalue weighted by Gasteiger charge is -2.20. The van der Waals surface area contributed by atoms with E-state index in [2.05, 4.69) is 0 Å². The molecule has 2 unspecified atom stereocenters. The second kappa shape index (κ2) is 2.90. The van der Waals surface area contributed by atoms with Crippen LogP contribution >= 0.6 is 0 Å². The van der Waals surface area contributed by atoms with Crippen LogP contribution in [-0.4, -0.2) is 30.2 Å². The van der Waals surface area contributed by atoms with E-state index in [1.807, 2.05) is 0 Å². The largest absolute Gasteiger partial charge is 0.481 e. The van der Waals surface area contributed by atoms with Crippen LogP contribution in [0.1, 0.15) is 19.8 Å². The Balaban J connectivity index is 2.89. The first-order valence-corrected chi connectivity index (χ1v) is 4.06. The Bertz CT molecular complexity index is 225. The fourth-order valence-electron chi connectivity index (χ4n) is 1.74. The highest BCUT2D eigenvalue weighted by Crippen LogP contribution is 2.63. The molecule has 0 aromatic rings. The molecule has 0 bridgehead atoms. The summed E-state index contributed by atoms with van der Waals surface area (Å²) in [6.07, 6.45) is -1.24. The number of hydrogen-bond donors (Lipinski definition) is 1. The smallest absolute Gasteiger partial charge is 0.318 e. The molecule has 1 N–H and O–H groups in total. The molecule has 1 aliphatic rings. The molecular formula is C8H12F2O3. The zero-order valence-electron chi connectivity index (χ0n) is 7.51. The molecule has 0 heterocycles. The van der Waals surface area contributed by atoms with Gasteiger partial charge in [0.05, 0.1) is 6.10 Å². The summed E-state index contributed by atoms with van der Waals surface area (Å²) in [7, 11) is 1.26. The molecule has 13 heavy (non-hydrogen) atoms. The van der Waals surface area contributed by atoms with E-state index in [0.29, 0.717) is 0 Å². The third-order valence-corrected chi connectivity index (χ3v) is 2.62. The number of aliphatic carboxylic acids is 1. The lowest BCUT2D eigenvalue weighted by atomic mass is 9.96. The molecule has 2 atom stereocenters. The van der Waals surface area contributed by atoms with E-state index in [1.54, 1.807) is 6.92 Å². The lowest BCUT2D eigenvalue weighted by molar-refractivity contribution is -0.156. The first-order chi connectivity index (χ1) is 5.92. The van der Waals surface area contributed by atoms with Crippen LogP contribution in [0.3, 0.4) is 0 Å². The molecule has 76 valence electrons. The van der Waals surface area contributed by atoms with Gasteiger partial charge in [-0.1, -0.05) is 6.92 Å². The minimum Gasteiger partial charge on any atom is -0.481 e. The lowest BCUT2D eigenvalue weighted by Crippen LogP contribution is -2.36. The van der Waals surface area contributed by atoms with Crippen molar-refractivity contribution in [2.75, 3.05) is 7.11 Å². The Hall–Kier alpha value is -0.710. The summed E-state index contributed by atoms with van der Waals surface area (Å²) in [5, 5.41) is 8.71. The summed E-state index contributed by atoms with van der Waals surface area (Å²) in [5.74, 6) is -4.58. The molecule has 1 aliphatic carbocycles. The van der Waals surface area contributed by atoms with Crippen LogP contribution in [-0.2, 0) is 9.53 Å². The van der Waals surface area contributed by atoms with Crippen LogP contribution < -0.4 is 0 Å². The van der Waals surface area contributed by atoms with E-state index in [1.165, 1.54) is 7.11 Å². The number of rotatable bonds is 4. The Labute approximate surface area is 74.7 Å². The average Bonchev–Trinajstić information content (AvgIpc) is 2.58. The predicted molar refractivity (Wildman–Crippen MR) is 40.7 cm³/mol. The summed E-state index contributed by atoms with van der Waals surface area (Å²) < 4.78 is 30.5. The highest BCUT2D eigenvalue weighted by atomic mass is 19.3. The molecule has 0 radical (unpaired) electrons. The van der Waals surface area contributed by atoms with E-state index >= 15 is 0 Å². The standard InChI is InChI=1S/C8H12F2O3/c1-3-5(13-2)7(6(11)12)4-8(7,9)10/h5H,3-4H2,1-2H3,(H,11,12). The van der Waals surface area contributed by atoms with Gasteiger partial charge in [-0.25, -0.2) is 8.78 Å². The summed E-state index contributed by atoms with van der Waals surface area (Å²) in [6.45, 7) is 1.63. The monoisotopic (exact) mass is 194 g/mol. The van der Waals surface area contributed by atoms with Gasteiger partial charge in [-0.2, -0.15) is 0 Å². The van der Waals surface area contributed by atoms with E-state index in [-0.39, 0.29) is 6.42 Å². The number of methoxy groups -OCH3 is 1. The highest BCUT2D eigenvalue weighted by molar-refractivity contribution is 5.81. The number of carboxylic acids is 1. The molecule has 3 nitrogen and oxygen atoms in total. The fourth-order valence-corrected chi connectivity index (χ4v) is 1.74. The van der Waals surface area contributed by atoms with Crippen LogP contribution in [0.2, 0.25) is 0 Å². The SMILES string of the molecule is CCC(OC)C1(C(=O)O)CC1(F)F. The van der Waals surface area contributed by atoms with Gasteiger partial charge < -0.3 is 9.84 Å². The van der Waals surface area contributed by atoms with Gasteiger partial charge in [-0.3, -0.25) is 4.79 Å². The molecule has 0 aromatic heterocycles. The van der Waals surface area contributed by atoms with Crippen LogP contribution in [0.25, 0.3) is 0 Å². The third kappa shape index (κ3) is 1.22. The van der Waals surface area contributed by atoms with Crippen LogP contribution in [0.4, 0.5) is 8.78 Å². The molecule has 0 amide bonds.